The first-order valence-electron chi connectivity index (χ1n) is 11.2. The minimum absolute atomic E-state index is 0.126. The number of thiophene rings is 1. The Morgan fingerprint density at radius 1 is 1.17 bits per heavy atom. The van der Waals surface area contributed by atoms with Gasteiger partial charge >= 0.3 is 11.9 Å². The summed E-state index contributed by atoms with van der Waals surface area (Å²) in [6, 6.07) is 5.46. The van der Waals surface area contributed by atoms with Crippen molar-refractivity contribution in [2.75, 3.05) is 0 Å². The molecule has 1 heterocycles. The number of primary amides is 1. The Hall–Kier alpha value is -3.80. The van der Waals surface area contributed by atoms with Gasteiger partial charge in [-0.1, -0.05) is 13.8 Å². The highest BCUT2D eigenvalue weighted by Gasteiger charge is 2.38. The number of carboxylic acid groups (broad SMARTS) is 1. The van der Waals surface area contributed by atoms with Crippen LogP contribution in [0.15, 0.2) is 30.3 Å². The zero-order valence-electron chi connectivity index (χ0n) is 19.9. The van der Waals surface area contributed by atoms with E-state index in [1.807, 2.05) is 0 Å². The number of rotatable bonds is 13. The van der Waals surface area contributed by atoms with Crippen molar-refractivity contribution >= 4 is 40.9 Å². The topological polar surface area (TPSA) is 186 Å². The highest BCUT2D eigenvalue weighted by Crippen LogP contribution is 2.34. The maximum absolute atomic E-state index is 14.2. The molecule has 1 atom stereocenters. The van der Waals surface area contributed by atoms with Gasteiger partial charge in [0.15, 0.2) is 11.6 Å². The summed E-state index contributed by atoms with van der Waals surface area (Å²) in [5.41, 5.74) is 9.62. The fourth-order valence-electron chi connectivity index (χ4n) is 3.57. The van der Waals surface area contributed by atoms with Crippen molar-refractivity contribution in [3.63, 3.8) is 0 Å². The molecule has 194 valence electrons. The van der Waals surface area contributed by atoms with Crippen molar-refractivity contribution in [2.24, 2.45) is 16.9 Å². The molecule has 0 fully saturated rings. The number of nitrogens with two attached hydrogens (primary N) is 2. The van der Waals surface area contributed by atoms with E-state index in [1.165, 1.54) is 18.2 Å². The number of nitrogen functional groups attached to an aromatic ring is 1. The number of esters is 1. The minimum atomic E-state index is -1.27. The lowest BCUT2D eigenvalue weighted by Crippen LogP contribution is -2.49. The van der Waals surface area contributed by atoms with Crippen LogP contribution in [-0.4, -0.2) is 40.7 Å². The minimum Gasteiger partial charge on any atom is -0.480 e. The van der Waals surface area contributed by atoms with E-state index in [2.05, 4.69) is 5.32 Å². The van der Waals surface area contributed by atoms with Crippen LogP contribution in [0.5, 0.6) is 5.75 Å². The second-order valence-corrected chi connectivity index (χ2v) is 9.42. The number of nitrogens with one attached hydrogen (secondary N) is 2. The average Bonchev–Trinajstić information content (AvgIpc) is 3.29. The fraction of sp³-hybridized carbons (Fsp3) is 0.375. The standard InChI is InChI=1S/C24H29FN4O6S/c1-3-24(4-2,23(34)29-16(21(31)32)7-10-19(26)30)12-14-6-9-18(36-14)22(33)35-17-8-5-13(20(27)28)11-15(17)25/h5-6,8-9,11,16H,3-4,7,10,12H2,1-2H3,(H2,26,30)(H3,27,28)(H,29,34)(H,31,32)/t16-/m0/s1. The predicted molar refractivity (Wildman–Crippen MR) is 131 cm³/mol. The summed E-state index contributed by atoms with van der Waals surface area (Å²) in [5, 5.41) is 19.3. The Balaban J connectivity index is 2.16. The van der Waals surface area contributed by atoms with Crippen LogP contribution in [0.1, 0.15) is 59.6 Å². The van der Waals surface area contributed by atoms with Crippen LogP contribution in [0.4, 0.5) is 4.39 Å². The average molecular weight is 521 g/mol. The second-order valence-electron chi connectivity index (χ2n) is 8.25. The maximum atomic E-state index is 14.2. The molecule has 0 unspecified atom stereocenters. The number of hydrogen-bond acceptors (Lipinski definition) is 7. The van der Waals surface area contributed by atoms with Crippen LogP contribution in [0.2, 0.25) is 0 Å². The number of carbonyl (C=O) groups is 4. The molecule has 2 aromatic rings. The summed E-state index contributed by atoms with van der Waals surface area (Å²) in [5.74, 6) is -4.68. The van der Waals surface area contributed by atoms with Gasteiger partial charge in [-0.2, -0.15) is 0 Å². The molecule has 0 saturated carbocycles. The molecule has 2 amide bonds. The number of aliphatic carboxylic acids is 1. The molecule has 0 bridgehead atoms. The molecular formula is C24H29FN4O6S. The summed E-state index contributed by atoms with van der Waals surface area (Å²) >= 11 is 1.08. The van der Waals surface area contributed by atoms with Crippen molar-refractivity contribution in [3.05, 3.63) is 51.5 Å². The van der Waals surface area contributed by atoms with Crippen molar-refractivity contribution in [1.29, 1.82) is 5.41 Å². The maximum Gasteiger partial charge on any atom is 0.353 e. The van der Waals surface area contributed by atoms with Crippen LogP contribution in [0.25, 0.3) is 0 Å². The van der Waals surface area contributed by atoms with Gasteiger partial charge in [0, 0.05) is 16.9 Å². The Bertz CT molecular complexity index is 1160. The molecule has 0 aliphatic carbocycles. The van der Waals surface area contributed by atoms with Gasteiger partial charge in [-0.3, -0.25) is 15.0 Å². The molecule has 1 aromatic carbocycles. The van der Waals surface area contributed by atoms with E-state index in [0.717, 1.165) is 17.4 Å². The summed E-state index contributed by atoms with van der Waals surface area (Å²) in [4.78, 5) is 49.2. The lowest BCUT2D eigenvalue weighted by atomic mass is 9.77. The van der Waals surface area contributed by atoms with Crippen LogP contribution >= 0.6 is 11.3 Å². The largest absolute Gasteiger partial charge is 0.480 e. The summed E-state index contributed by atoms with van der Waals surface area (Å²) < 4.78 is 19.4. The van der Waals surface area contributed by atoms with Gasteiger partial charge < -0.3 is 26.6 Å². The first-order chi connectivity index (χ1) is 16.9. The molecule has 10 nitrogen and oxygen atoms in total. The van der Waals surface area contributed by atoms with E-state index in [1.54, 1.807) is 19.9 Å². The van der Waals surface area contributed by atoms with Crippen LogP contribution in [-0.2, 0) is 20.8 Å². The zero-order chi connectivity index (χ0) is 27.0. The molecule has 36 heavy (non-hydrogen) atoms. The quantitative estimate of drug-likeness (QED) is 0.116. The smallest absolute Gasteiger partial charge is 0.353 e. The van der Waals surface area contributed by atoms with Gasteiger partial charge in [-0.05, 0) is 56.0 Å². The van der Waals surface area contributed by atoms with E-state index in [0.29, 0.717) is 17.7 Å². The van der Waals surface area contributed by atoms with Crippen molar-refractivity contribution in [2.45, 2.75) is 52.0 Å². The third-order valence-corrected chi connectivity index (χ3v) is 7.00. The van der Waals surface area contributed by atoms with Gasteiger partial charge in [-0.15, -0.1) is 11.3 Å². The zero-order valence-corrected chi connectivity index (χ0v) is 20.7. The first-order valence-corrected chi connectivity index (χ1v) is 12.0. The number of benzene rings is 1. The van der Waals surface area contributed by atoms with E-state index >= 15 is 0 Å². The summed E-state index contributed by atoms with van der Waals surface area (Å²) in [7, 11) is 0. The number of amidine groups is 1. The van der Waals surface area contributed by atoms with E-state index in [-0.39, 0.29) is 41.3 Å². The van der Waals surface area contributed by atoms with Gasteiger partial charge in [-0.25, -0.2) is 14.0 Å². The SMILES string of the molecule is CCC(CC)(Cc1ccc(C(=O)Oc2ccc(C(=N)N)cc2F)s1)C(=O)N[C@@H](CCC(N)=O)C(=O)O. The van der Waals surface area contributed by atoms with Gasteiger partial charge in [0.05, 0.1) is 5.41 Å². The Kier molecular flexibility index (Phi) is 9.68. The summed E-state index contributed by atoms with van der Waals surface area (Å²) in [6.07, 6.45) is 0.704. The second kappa shape index (κ2) is 12.2. The van der Waals surface area contributed by atoms with Crippen LogP contribution < -0.4 is 21.5 Å². The van der Waals surface area contributed by atoms with Crippen LogP contribution in [0.3, 0.4) is 0 Å². The molecule has 0 aliphatic heterocycles. The molecule has 2 rings (SSSR count). The van der Waals surface area contributed by atoms with E-state index < -0.39 is 41.0 Å². The molecule has 0 radical (unpaired) electrons. The third-order valence-electron chi connectivity index (χ3n) is 5.94. The third kappa shape index (κ3) is 7.11. The lowest BCUT2D eigenvalue weighted by Gasteiger charge is -2.31. The lowest BCUT2D eigenvalue weighted by molar-refractivity contribution is -0.144. The fourth-order valence-corrected chi connectivity index (χ4v) is 4.60. The van der Waals surface area contributed by atoms with E-state index in [9.17, 15) is 28.7 Å². The van der Waals surface area contributed by atoms with Crippen molar-refractivity contribution < 1.29 is 33.4 Å². The number of ether oxygens (including phenoxy) is 1. The van der Waals surface area contributed by atoms with Gasteiger partial charge in [0.25, 0.3) is 0 Å². The summed E-state index contributed by atoms with van der Waals surface area (Å²) in [6.45, 7) is 3.61. The Labute approximate surface area is 211 Å². The highest BCUT2D eigenvalue weighted by atomic mass is 32.1. The molecule has 0 saturated heterocycles. The molecule has 0 spiro atoms. The molecule has 7 N–H and O–H groups in total. The Morgan fingerprint density at radius 3 is 2.36 bits per heavy atom. The number of halogens is 1. The predicted octanol–water partition coefficient (Wildman–Crippen LogP) is 2.57. The van der Waals surface area contributed by atoms with Gasteiger partial charge in [0.2, 0.25) is 11.8 Å². The van der Waals surface area contributed by atoms with Crippen molar-refractivity contribution in [3.8, 4) is 5.75 Å². The number of carbonyl (C=O) groups excluding carboxylic acids is 3. The molecule has 1 aromatic heterocycles. The number of amides is 2. The number of hydrogen-bond donors (Lipinski definition) is 5. The normalized spacial score (nSPS) is 12.0. The van der Waals surface area contributed by atoms with E-state index in [4.69, 9.17) is 21.6 Å². The van der Waals surface area contributed by atoms with Gasteiger partial charge in [0.1, 0.15) is 16.8 Å². The molecule has 12 heteroatoms. The number of carboxylic acids is 1. The highest BCUT2D eigenvalue weighted by molar-refractivity contribution is 7.14. The first kappa shape index (κ1) is 28.4. The molecule has 0 aliphatic rings. The van der Waals surface area contributed by atoms with Crippen molar-refractivity contribution in [1.82, 2.24) is 5.32 Å². The van der Waals surface area contributed by atoms with Crippen LogP contribution in [0, 0.1) is 16.6 Å². The monoisotopic (exact) mass is 520 g/mol. The molecular weight excluding hydrogens is 491 g/mol. The Morgan fingerprint density at radius 2 is 1.83 bits per heavy atom.